The van der Waals surface area contributed by atoms with Crippen LogP contribution in [0.2, 0.25) is 0 Å². The van der Waals surface area contributed by atoms with Gasteiger partial charge in [-0.1, -0.05) is 48.5 Å². The Morgan fingerprint density at radius 2 is 1.85 bits per heavy atom. The molecule has 0 aliphatic carbocycles. The number of aromatic amines is 1. The summed E-state index contributed by atoms with van der Waals surface area (Å²) < 4.78 is 10.7. The number of hydrogen-bond donors (Lipinski definition) is 2. The van der Waals surface area contributed by atoms with Crippen LogP contribution in [0.25, 0.3) is 10.9 Å². The standard InChI is InChI=1S/C27H24N2O4/c1-32-19-12-10-17(11-13-19)22(23-16-28-24-9-5-4-8-21(23)24)15-29-26(30)25-14-18-6-2-3-7-20(18)27(31)33-25/h2-13,16,22,25,28H,14-15H2,1H3,(H,29,30). The maximum Gasteiger partial charge on any atom is 0.339 e. The van der Waals surface area contributed by atoms with Crippen LogP contribution in [-0.4, -0.2) is 36.6 Å². The number of aromatic nitrogens is 1. The molecule has 1 aliphatic heterocycles. The van der Waals surface area contributed by atoms with E-state index < -0.39 is 12.1 Å². The van der Waals surface area contributed by atoms with Crippen LogP contribution in [-0.2, 0) is 16.0 Å². The van der Waals surface area contributed by atoms with Gasteiger partial charge in [0.2, 0.25) is 0 Å². The lowest BCUT2D eigenvalue weighted by atomic mass is 9.90. The van der Waals surface area contributed by atoms with E-state index in [1.807, 2.05) is 60.8 Å². The van der Waals surface area contributed by atoms with E-state index in [0.717, 1.165) is 33.3 Å². The Balaban J connectivity index is 1.39. The van der Waals surface area contributed by atoms with E-state index in [9.17, 15) is 9.59 Å². The molecule has 4 aromatic rings. The molecule has 33 heavy (non-hydrogen) atoms. The van der Waals surface area contributed by atoms with Crippen LogP contribution in [0.15, 0.2) is 79.0 Å². The lowest BCUT2D eigenvalue weighted by molar-refractivity contribution is -0.130. The van der Waals surface area contributed by atoms with E-state index in [0.29, 0.717) is 18.5 Å². The maximum absolute atomic E-state index is 13.0. The number of cyclic esters (lactones) is 1. The van der Waals surface area contributed by atoms with Crippen molar-refractivity contribution in [2.24, 2.45) is 0 Å². The molecule has 5 rings (SSSR count). The molecule has 1 amide bonds. The molecule has 2 unspecified atom stereocenters. The summed E-state index contributed by atoms with van der Waals surface area (Å²) in [4.78, 5) is 28.7. The summed E-state index contributed by atoms with van der Waals surface area (Å²) in [6, 6.07) is 23.2. The second-order valence-electron chi connectivity index (χ2n) is 8.12. The van der Waals surface area contributed by atoms with Gasteiger partial charge in [0.05, 0.1) is 12.7 Å². The molecule has 2 atom stereocenters. The number of carbonyl (C=O) groups excluding carboxylic acids is 2. The summed E-state index contributed by atoms with van der Waals surface area (Å²) in [7, 11) is 1.63. The molecule has 6 heteroatoms. The first-order valence-electron chi connectivity index (χ1n) is 10.9. The molecule has 0 radical (unpaired) electrons. The number of ether oxygens (including phenoxy) is 2. The van der Waals surface area contributed by atoms with E-state index in [1.165, 1.54) is 0 Å². The van der Waals surface area contributed by atoms with Crippen molar-refractivity contribution in [2.75, 3.05) is 13.7 Å². The molecule has 0 spiro atoms. The summed E-state index contributed by atoms with van der Waals surface area (Å²) in [5.41, 5.74) is 4.53. The van der Waals surface area contributed by atoms with Crippen molar-refractivity contribution in [1.29, 1.82) is 0 Å². The maximum atomic E-state index is 13.0. The zero-order valence-electron chi connectivity index (χ0n) is 18.2. The highest BCUT2D eigenvalue weighted by Gasteiger charge is 2.31. The normalized spacial score (nSPS) is 16.0. The van der Waals surface area contributed by atoms with E-state index >= 15 is 0 Å². The fourth-order valence-electron chi connectivity index (χ4n) is 4.42. The van der Waals surface area contributed by atoms with Crippen molar-refractivity contribution in [2.45, 2.75) is 18.4 Å². The number of nitrogens with one attached hydrogen (secondary N) is 2. The number of para-hydroxylation sites is 1. The summed E-state index contributed by atoms with van der Waals surface area (Å²) in [6.07, 6.45) is 1.52. The zero-order chi connectivity index (χ0) is 22.8. The van der Waals surface area contributed by atoms with Gasteiger partial charge in [0.1, 0.15) is 5.75 Å². The minimum Gasteiger partial charge on any atom is -0.497 e. The second-order valence-corrected chi connectivity index (χ2v) is 8.12. The third-order valence-electron chi connectivity index (χ3n) is 6.18. The average molecular weight is 440 g/mol. The van der Waals surface area contributed by atoms with E-state index in [-0.39, 0.29) is 11.8 Å². The molecule has 0 fully saturated rings. The Labute approximate surface area is 191 Å². The fraction of sp³-hybridized carbons (Fsp3) is 0.185. The lowest BCUT2D eigenvalue weighted by Crippen LogP contribution is -2.43. The fourth-order valence-corrected chi connectivity index (χ4v) is 4.42. The Bertz CT molecular complexity index is 1310. The number of amides is 1. The molecule has 2 N–H and O–H groups in total. The number of hydrogen-bond acceptors (Lipinski definition) is 4. The molecule has 3 aromatic carbocycles. The highest BCUT2D eigenvalue weighted by Crippen LogP contribution is 2.31. The highest BCUT2D eigenvalue weighted by atomic mass is 16.5. The largest absolute Gasteiger partial charge is 0.497 e. The quantitative estimate of drug-likeness (QED) is 0.440. The first-order chi connectivity index (χ1) is 16.1. The smallest absolute Gasteiger partial charge is 0.339 e. The van der Waals surface area contributed by atoms with Crippen molar-refractivity contribution >= 4 is 22.8 Å². The van der Waals surface area contributed by atoms with Gasteiger partial charge in [0.15, 0.2) is 6.10 Å². The Morgan fingerprint density at radius 3 is 2.67 bits per heavy atom. The Morgan fingerprint density at radius 1 is 1.09 bits per heavy atom. The van der Waals surface area contributed by atoms with Crippen LogP contribution in [0.5, 0.6) is 5.75 Å². The van der Waals surface area contributed by atoms with Crippen molar-refractivity contribution in [3.63, 3.8) is 0 Å². The van der Waals surface area contributed by atoms with Crippen molar-refractivity contribution in [1.82, 2.24) is 10.3 Å². The SMILES string of the molecule is COc1ccc(C(CNC(=O)C2Cc3ccccc3C(=O)O2)c2c[nH]c3ccccc23)cc1. The highest BCUT2D eigenvalue weighted by molar-refractivity contribution is 5.95. The molecule has 6 nitrogen and oxygen atoms in total. The number of carbonyl (C=O) groups is 2. The predicted molar refractivity (Wildman–Crippen MR) is 125 cm³/mol. The number of fused-ring (bicyclic) bond motifs is 2. The summed E-state index contributed by atoms with van der Waals surface area (Å²) in [6.45, 7) is 0.364. The first-order valence-corrected chi connectivity index (χ1v) is 10.9. The number of H-pyrrole nitrogens is 1. The van der Waals surface area contributed by atoms with Crippen LogP contribution in [0.1, 0.15) is 33.0 Å². The van der Waals surface area contributed by atoms with Crippen LogP contribution < -0.4 is 10.1 Å². The minimum atomic E-state index is -0.841. The monoisotopic (exact) mass is 440 g/mol. The van der Waals surface area contributed by atoms with Crippen LogP contribution in [0, 0.1) is 0 Å². The zero-order valence-corrected chi connectivity index (χ0v) is 18.2. The topological polar surface area (TPSA) is 80.4 Å². The lowest BCUT2D eigenvalue weighted by Gasteiger charge is -2.25. The van der Waals surface area contributed by atoms with Crippen molar-refractivity contribution in [3.8, 4) is 5.75 Å². The summed E-state index contributed by atoms with van der Waals surface area (Å²) in [5.74, 6) is -0.0765. The van der Waals surface area contributed by atoms with Gasteiger partial charge in [-0.05, 0) is 41.0 Å². The van der Waals surface area contributed by atoms with Gasteiger partial charge in [-0.15, -0.1) is 0 Å². The molecule has 166 valence electrons. The molecule has 0 saturated carbocycles. The predicted octanol–water partition coefficient (Wildman–Crippen LogP) is 4.21. The Kier molecular flexibility index (Phi) is 5.57. The summed E-state index contributed by atoms with van der Waals surface area (Å²) in [5, 5.41) is 4.13. The van der Waals surface area contributed by atoms with Gasteiger partial charge < -0.3 is 19.8 Å². The molecule has 0 saturated heterocycles. The van der Waals surface area contributed by atoms with Gasteiger partial charge in [-0.25, -0.2) is 4.79 Å². The Hall–Kier alpha value is -4.06. The molecule has 1 aliphatic rings. The molecular weight excluding hydrogens is 416 g/mol. The molecule has 1 aromatic heterocycles. The third kappa shape index (κ3) is 4.07. The van der Waals surface area contributed by atoms with Crippen molar-refractivity contribution in [3.05, 3.63) is 101 Å². The van der Waals surface area contributed by atoms with Gasteiger partial charge in [-0.2, -0.15) is 0 Å². The average Bonchev–Trinajstić information content (AvgIpc) is 3.28. The number of rotatable bonds is 6. The van der Waals surface area contributed by atoms with Crippen LogP contribution in [0.3, 0.4) is 0 Å². The van der Waals surface area contributed by atoms with Crippen LogP contribution >= 0.6 is 0 Å². The molecular formula is C27H24N2O4. The number of benzene rings is 3. The van der Waals surface area contributed by atoms with Gasteiger partial charge >= 0.3 is 5.97 Å². The van der Waals surface area contributed by atoms with Crippen LogP contribution in [0.4, 0.5) is 0 Å². The molecule has 0 bridgehead atoms. The van der Waals surface area contributed by atoms with Gasteiger partial charge in [0, 0.05) is 36.0 Å². The third-order valence-corrected chi connectivity index (χ3v) is 6.18. The number of methoxy groups -OCH3 is 1. The van der Waals surface area contributed by atoms with E-state index in [1.54, 1.807) is 19.2 Å². The van der Waals surface area contributed by atoms with Crippen molar-refractivity contribution < 1.29 is 19.1 Å². The van der Waals surface area contributed by atoms with E-state index in [2.05, 4.69) is 16.4 Å². The number of esters is 1. The van der Waals surface area contributed by atoms with E-state index in [4.69, 9.17) is 9.47 Å². The molecule has 2 heterocycles. The second kappa shape index (κ2) is 8.82. The first kappa shape index (κ1) is 20.8. The minimum absolute atomic E-state index is 0.0948. The van der Waals surface area contributed by atoms with Gasteiger partial charge in [-0.3, -0.25) is 4.79 Å². The summed E-state index contributed by atoms with van der Waals surface area (Å²) >= 11 is 0. The van der Waals surface area contributed by atoms with Gasteiger partial charge in [0.25, 0.3) is 5.91 Å².